The van der Waals surface area contributed by atoms with Crippen molar-refractivity contribution < 1.29 is 0 Å². The molecule has 0 bridgehead atoms. The van der Waals surface area contributed by atoms with E-state index in [1.165, 1.54) is 0 Å². The van der Waals surface area contributed by atoms with E-state index in [1.54, 1.807) is 20.0 Å². The van der Waals surface area contributed by atoms with Crippen molar-refractivity contribution in [3.05, 3.63) is 44.3 Å². The zero-order chi connectivity index (χ0) is 10.3. The quantitative estimate of drug-likeness (QED) is 0.618. The van der Waals surface area contributed by atoms with Crippen molar-refractivity contribution in [2.75, 3.05) is 0 Å². The average Bonchev–Trinajstić information content (AvgIpc) is 2.73. The predicted octanol–water partition coefficient (Wildman–Crippen LogP) is 3.74. The Kier molecular flexibility index (Phi) is 2.56. The van der Waals surface area contributed by atoms with Crippen LogP contribution in [0.25, 0.3) is 0 Å². The molecule has 14 heavy (non-hydrogen) atoms. The third kappa shape index (κ3) is 1.36. The van der Waals surface area contributed by atoms with Gasteiger partial charge in [-0.05, 0) is 0 Å². The summed E-state index contributed by atoms with van der Waals surface area (Å²) in [6.07, 6.45) is 9.17. The van der Waals surface area contributed by atoms with Crippen LogP contribution in [-0.4, -0.2) is 14.3 Å². The molecule has 1 heteroatoms. The Morgan fingerprint density at radius 1 is 0.857 bits per heavy atom. The molecule has 0 saturated heterocycles. The summed E-state index contributed by atoms with van der Waals surface area (Å²) in [6.45, 7) is 9.28. The van der Waals surface area contributed by atoms with Crippen LogP contribution in [0.1, 0.15) is 27.7 Å². The Labute approximate surface area is 91.2 Å². The summed E-state index contributed by atoms with van der Waals surface area (Å²) in [7, 11) is 0. The van der Waals surface area contributed by atoms with Crippen LogP contribution >= 0.6 is 0 Å². The molecule has 0 fully saturated rings. The van der Waals surface area contributed by atoms with Gasteiger partial charge in [0.1, 0.15) is 0 Å². The van der Waals surface area contributed by atoms with Crippen molar-refractivity contribution in [2.45, 2.75) is 32.4 Å². The average molecular weight is 246 g/mol. The molecule has 1 heterocycles. The minimum atomic E-state index is -1.15. The van der Waals surface area contributed by atoms with Crippen molar-refractivity contribution in [3.8, 4) is 0 Å². The van der Waals surface area contributed by atoms with Crippen LogP contribution in [0.3, 0.4) is 0 Å². The molecule has 0 spiro atoms. The Morgan fingerprint density at radius 3 is 1.71 bits per heavy atom. The second kappa shape index (κ2) is 3.58. The van der Waals surface area contributed by atoms with Crippen LogP contribution in [0.15, 0.2) is 44.3 Å². The molecular formula is C13H17Ge. The molecule has 1 aliphatic heterocycles. The van der Waals surface area contributed by atoms with Gasteiger partial charge in [-0.3, -0.25) is 0 Å². The minimum absolute atomic E-state index is 0.766. The maximum atomic E-state index is 2.38. The zero-order valence-electron chi connectivity index (χ0n) is 9.39. The first-order chi connectivity index (χ1) is 6.63. The van der Waals surface area contributed by atoms with E-state index < -0.39 is 14.3 Å². The van der Waals surface area contributed by atoms with Crippen LogP contribution in [0.4, 0.5) is 0 Å². The van der Waals surface area contributed by atoms with Gasteiger partial charge < -0.3 is 0 Å². The SMILES string of the molecule is CC1=[C](C)[Ge]([CH]2C=CC=C2)[C](C)=C1C. The zero-order valence-corrected chi connectivity index (χ0v) is 11.5. The van der Waals surface area contributed by atoms with E-state index in [9.17, 15) is 0 Å². The van der Waals surface area contributed by atoms with Crippen LogP contribution in [0.5, 0.6) is 0 Å². The van der Waals surface area contributed by atoms with Crippen molar-refractivity contribution >= 4 is 14.3 Å². The molecule has 1 radical (unpaired) electrons. The first kappa shape index (κ1) is 10.0. The van der Waals surface area contributed by atoms with Crippen molar-refractivity contribution in [1.82, 2.24) is 0 Å². The third-order valence-corrected chi connectivity index (χ3v) is 10.7. The summed E-state index contributed by atoms with van der Waals surface area (Å²) in [5, 5.41) is 0. The van der Waals surface area contributed by atoms with Gasteiger partial charge in [0.25, 0.3) is 0 Å². The number of allylic oxidation sites excluding steroid dienone is 8. The molecular weight excluding hydrogens is 229 g/mol. The molecule has 0 aromatic heterocycles. The fraction of sp³-hybridized carbons (Fsp3) is 0.385. The molecule has 0 saturated carbocycles. The predicted molar refractivity (Wildman–Crippen MR) is 64.5 cm³/mol. The van der Waals surface area contributed by atoms with Gasteiger partial charge in [0.15, 0.2) is 0 Å². The van der Waals surface area contributed by atoms with Gasteiger partial charge in [0.2, 0.25) is 0 Å². The Bertz CT molecular complexity index is 344. The Morgan fingerprint density at radius 2 is 1.29 bits per heavy atom. The topological polar surface area (TPSA) is 0 Å². The van der Waals surface area contributed by atoms with Gasteiger partial charge in [0.05, 0.1) is 0 Å². The van der Waals surface area contributed by atoms with Crippen molar-refractivity contribution in [2.24, 2.45) is 0 Å². The second-order valence-corrected chi connectivity index (χ2v) is 10.5. The molecule has 0 amide bonds. The van der Waals surface area contributed by atoms with Crippen LogP contribution in [-0.2, 0) is 0 Å². The molecule has 0 aromatic carbocycles. The molecule has 0 aromatic rings. The van der Waals surface area contributed by atoms with Gasteiger partial charge in [-0.1, -0.05) is 0 Å². The standard InChI is InChI=1S/C13H17Ge/c1-9-10(2)12(4)14(11(9)3)13-7-5-6-8-13/h5-8,13H,1-4H3. The van der Waals surface area contributed by atoms with Crippen molar-refractivity contribution in [3.63, 3.8) is 0 Å². The first-order valence-corrected chi connectivity index (χ1v) is 8.51. The number of hydrogen-bond donors (Lipinski definition) is 0. The summed E-state index contributed by atoms with van der Waals surface area (Å²) in [5.74, 6) is 0. The van der Waals surface area contributed by atoms with E-state index in [1.807, 2.05) is 0 Å². The molecule has 73 valence electrons. The molecule has 1 aliphatic carbocycles. The summed E-state index contributed by atoms with van der Waals surface area (Å²) in [4.78, 5) is 0. The van der Waals surface area contributed by atoms with E-state index in [0.717, 1.165) is 4.75 Å². The van der Waals surface area contributed by atoms with E-state index in [0.29, 0.717) is 0 Å². The molecule has 0 N–H and O–H groups in total. The Balaban J connectivity index is 2.38. The molecule has 2 rings (SSSR count). The molecule has 0 atom stereocenters. The number of hydrogen-bond acceptors (Lipinski definition) is 0. The van der Waals surface area contributed by atoms with E-state index in [-0.39, 0.29) is 0 Å². The van der Waals surface area contributed by atoms with Crippen LogP contribution in [0.2, 0.25) is 4.75 Å². The maximum absolute atomic E-state index is 2.38. The van der Waals surface area contributed by atoms with Crippen molar-refractivity contribution in [1.29, 1.82) is 0 Å². The molecule has 0 unspecified atom stereocenters. The summed E-state index contributed by atoms with van der Waals surface area (Å²) in [6, 6.07) is 0. The summed E-state index contributed by atoms with van der Waals surface area (Å²) < 4.78 is 4.21. The van der Waals surface area contributed by atoms with Gasteiger partial charge in [-0.2, -0.15) is 0 Å². The van der Waals surface area contributed by atoms with Crippen LogP contribution in [0, 0.1) is 0 Å². The third-order valence-electron chi connectivity index (χ3n) is 3.58. The second-order valence-electron chi connectivity index (χ2n) is 4.21. The Hall–Kier alpha value is -0.497. The fourth-order valence-corrected chi connectivity index (χ4v) is 9.41. The van der Waals surface area contributed by atoms with Gasteiger partial charge >= 0.3 is 91.1 Å². The van der Waals surface area contributed by atoms with Gasteiger partial charge in [-0.15, -0.1) is 0 Å². The van der Waals surface area contributed by atoms with E-state index in [2.05, 4.69) is 52.0 Å². The molecule has 0 nitrogen and oxygen atoms in total. The summed E-state index contributed by atoms with van der Waals surface area (Å²) in [5.41, 5.74) is 3.15. The van der Waals surface area contributed by atoms with Crippen LogP contribution < -0.4 is 0 Å². The van der Waals surface area contributed by atoms with E-state index in [4.69, 9.17) is 0 Å². The molecule has 2 aliphatic rings. The fourth-order valence-electron chi connectivity index (χ4n) is 2.37. The first-order valence-electron chi connectivity index (χ1n) is 5.21. The van der Waals surface area contributed by atoms with Gasteiger partial charge in [-0.25, -0.2) is 0 Å². The number of rotatable bonds is 1. The monoisotopic (exact) mass is 247 g/mol. The summed E-state index contributed by atoms with van der Waals surface area (Å²) >= 11 is -1.15. The van der Waals surface area contributed by atoms with E-state index >= 15 is 0 Å². The van der Waals surface area contributed by atoms with Gasteiger partial charge in [0, 0.05) is 0 Å². The normalized spacial score (nSPS) is 23.4.